The molecule has 1 N–H and O–H groups in total. The van der Waals surface area contributed by atoms with Gasteiger partial charge in [-0.05, 0) is 45.1 Å². The van der Waals surface area contributed by atoms with Gasteiger partial charge in [0.25, 0.3) is 0 Å². The maximum absolute atomic E-state index is 13.4. The summed E-state index contributed by atoms with van der Waals surface area (Å²) in [5, 5.41) is 9.96. The van der Waals surface area contributed by atoms with Crippen LogP contribution in [0.2, 0.25) is 0 Å². The lowest BCUT2D eigenvalue weighted by molar-refractivity contribution is 0.168. The third-order valence-electron chi connectivity index (χ3n) is 3.42. The molecule has 1 aromatic rings. The van der Waals surface area contributed by atoms with Gasteiger partial charge in [-0.15, -0.1) is 0 Å². The van der Waals surface area contributed by atoms with Gasteiger partial charge >= 0.3 is 0 Å². The lowest BCUT2D eigenvalue weighted by Crippen LogP contribution is -2.36. The molecule has 1 aromatic carbocycles. The SMILES string of the molecule is CC(C)CN(CCN(C)C)C(C)c1cc(F)ccc1O. The Morgan fingerprint density at radius 1 is 1.15 bits per heavy atom. The number of rotatable bonds is 7. The molecule has 0 aliphatic rings. The minimum Gasteiger partial charge on any atom is -0.508 e. The third kappa shape index (κ3) is 5.10. The predicted molar refractivity (Wildman–Crippen MR) is 81.4 cm³/mol. The van der Waals surface area contributed by atoms with Crippen molar-refractivity contribution in [2.24, 2.45) is 5.92 Å². The van der Waals surface area contributed by atoms with Gasteiger partial charge in [0.1, 0.15) is 11.6 Å². The number of nitrogens with zero attached hydrogens (tertiary/aromatic N) is 2. The molecular weight excluding hydrogens is 255 g/mol. The van der Waals surface area contributed by atoms with Crippen molar-refractivity contribution in [3.05, 3.63) is 29.6 Å². The van der Waals surface area contributed by atoms with Crippen LogP contribution in [0.25, 0.3) is 0 Å². The molecule has 0 heterocycles. The van der Waals surface area contributed by atoms with E-state index in [1.54, 1.807) is 0 Å². The van der Waals surface area contributed by atoms with Gasteiger partial charge in [0.2, 0.25) is 0 Å². The first-order valence-corrected chi connectivity index (χ1v) is 7.18. The van der Waals surface area contributed by atoms with Gasteiger partial charge < -0.3 is 10.0 Å². The Kier molecular flexibility index (Phi) is 6.43. The first-order chi connectivity index (χ1) is 9.31. The molecule has 0 saturated carbocycles. The summed E-state index contributed by atoms with van der Waals surface area (Å²) in [4.78, 5) is 4.42. The van der Waals surface area contributed by atoms with Crippen LogP contribution >= 0.6 is 0 Å². The first kappa shape index (κ1) is 16.9. The molecule has 0 saturated heterocycles. The number of hydrogen-bond donors (Lipinski definition) is 1. The molecular formula is C16H27FN2O. The molecule has 0 aliphatic heterocycles. The molecule has 1 rings (SSSR count). The number of aromatic hydroxyl groups is 1. The zero-order chi connectivity index (χ0) is 15.3. The summed E-state index contributed by atoms with van der Waals surface area (Å²) >= 11 is 0. The minimum atomic E-state index is -0.304. The zero-order valence-corrected chi connectivity index (χ0v) is 13.2. The molecule has 0 amide bonds. The summed E-state index contributed by atoms with van der Waals surface area (Å²) in [5.41, 5.74) is 0.657. The van der Waals surface area contributed by atoms with Crippen molar-refractivity contribution in [3.8, 4) is 5.75 Å². The highest BCUT2D eigenvalue weighted by Gasteiger charge is 2.20. The van der Waals surface area contributed by atoms with E-state index in [0.717, 1.165) is 19.6 Å². The molecule has 0 aliphatic carbocycles. The van der Waals surface area contributed by atoms with Gasteiger partial charge in [-0.1, -0.05) is 13.8 Å². The second kappa shape index (κ2) is 7.60. The fourth-order valence-electron chi connectivity index (χ4n) is 2.30. The van der Waals surface area contributed by atoms with E-state index in [1.807, 2.05) is 21.0 Å². The molecule has 0 fully saturated rings. The number of hydrogen-bond acceptors (Lipinski definition) is 3. The lowest BCUT2D eigenvalue weighted by Gasteiger charge is -2.32. The van der Waals surface area contributed by atoms with Crippen molar-refractivity contribution in [3.63, 3.8) is 0 Å². The molecule has 4 heteroatoms. The molecule has 1 unspecified atom stereocenters. The Balaban J connectivity index is 2.90. The number of likely N-dealkylation sites (N-methyl/N-ethyl adjacent to an activating group) is 1. The van der Waals surface area contributed by atoms with Crippen molar-refractivity contribution in [2.75, 3.05) is 33.7 Å². The summed E-state index contributed by atoms with van der Waals surface area (Å²) in [6, 6.07) is 4.15. The van der Waals surface area contributed by atoms with Crippen molar-refractivity contribution in [1.29, 1.82) is 0 Å². The molecule has 0 aromatic heterocycles. The second-order valence-corrected chi connectivity index (χ2v) is 6.07. The van der Waals surface area contributed by atoms with Crippen LogP contribution in [0.15, 0.2) is 18.2 Å². The van der Waals surface area contributed by atoms with Crippen LogP contribution in [0.4, 0.5) is 4.39 Å². The van der Waals surface area contributed by atoms with E-state index >= 15 is 0 Å². The topological polar surface area (TPSA) is 26.7 Å². The van der Waals surface area contributed by atoms with Gasteiger partial charge in [0, 0.05) is 31.2 Å². The molecule has 1 atom stereocenters. The van der Waals surface area contributed by atoms with Gasteiger partial charge in [0.05, 0.1) is 0 Å². The Morgan fingerprint density at radius 2 is 1.80 bits per heavy atom. The Hall–Kier alpha value is -1.13. The maximum atomic E-state index is 13.4. The molecule has 3 nitrogen and oxygen atoms in total. The van der Waals surface area contributed by atoms with E-state index in [4.69, 9.17) is 0 Å². The van der Waals surface area contributed by atoms with Crippen molar-refractivity contribution < 1.29 is 9.50 Å². The van der Waals surface area contributed by atoms with Crippen LogP contribution in [0.1, 0.15) is 32.4 Å². The summed E-state index contributed by atoms with van der Waals surface area (Å²) in [7, 11) is 4.08. The van der Waals surface area contributed by atoms with E-state index in [-0.39, 0.29) is 17.6 Å². The van der Waals surface area contributed by atoms with Gasteiger partial charge in [-0.25, -0.2) is 4.39 Å². The predicted octanol–water partition coefficient (Wildman–Crippen LogP) is 3.11. The Bertz CT molecular complexity index is 421. The Morgan fingerprint density at radius 3 is 2.35 bits per heavy atom. The quantitative estimate of drug-likeness (QED) is 0.832. The third-order valence-corrected chi connectivity index (χ3v) is 3.42. The second-order valence-electron chi connectivity index (χ2n) is 6.07. The molecule has 0 spiro atoms. The lowest BCUT2D eigenvalue weighted by atomic mass is 10.0. The standard InChI is InChI=1S/C16H27FN2O/c1-12(2)11-19(9-8-18(4)5)13(3)15-10-14(17)6-7-16(15)20/h6-7,10,12-13,20H,8-9,11H2,1-5H3. The van der Waals surface area contributed by atoms with E-state index in [2.05, 4.69) is 23.6 Å². The first-order valence-electron chi connectivity index (χ1n) is 7.18. The van der Waals surface area contributed by atoms with Crippen LogP contribution in [-0.4, -0.2) is 48.6 Å². The van der Waals surface area contributed by atoms with Gasteiger partial charge in [-0.3, -0.25) is 4.90 Å². The average Bonchev–Trinajstić information content (AvgIpc) is 2.36. The normalized spacial score (nSPS) is 13.4. The highest BCUT2D eigenvalue weighted by Crippen LogP contribution is 2.29. The smallest absolute Gasteiger partial charge is 0.123 e. The fourth-order valence-corrected chi connectivity index (χ4v) is 2.30. The highest BCUT2D eigenvalue weighted by molar-refractivity contribution is 5.34. The van der Waals surface area contributed by atoms with E-state index < -0.39 is 0 Å². The van der Waals surface area contributed by atoms with Gasteiger partial charge in [-0.2, -0.15) is 0 Å². The summed E-state index contributed by atoms with van der Waals surface area (Å²) < 4.78 is 13.4. The average molecular weight is 282 g/mol. The molecule has 0 radical (unpaired) electrons. The van der Waals surface area contributed by atoms with Crippen molar-refractivity contribution in [2.45, 2.75) is 26.8 Å². The van der Waals surface area contributed by atoms with Crippen LogP contribution in [-0.2, 0) is 0 Å². The van der Waals surface area contributed by atoms with E-state index in [9.17, 15) is 9.50 Å². The molecule has 114 valence electrons. The van der Waals surface area contributed by atoms with Crippen molar-refractivity contribution >= 4 is 0 Å². The number of phenolic OH excluding ortho intramolecular Hbond substituents is 1. The van der Waals surface area contributed by atoms with Crippen LogP contribution < -0.4 is 0 Å². The van der Waals surface area contributed by atoms with Crippen molar-refractivity contribution in [1.82, 2.24) is 9.80 Å². The van der Waals surface area contributed by atoms with Gasteiger partial charge in [0.15, 0.2) is 0 Å². The number of phenols is 1. The zero-order valence-electron chi connectivity index (χ0n) is 13.2. The molecule has 0 bridgehead atoms. The number of benzene rings is 1. The summed E-state index contributed by atoms with van der Waals surface area (Å²) in [6.45, 7) is 9.11. The molecule has 20 heavy (non-hydrogen) atoms. The minimum absolute atomic E-state index is 0.00644. The van der Waals surface area contributed by atoms with E-state index in [0.29, 0.717) is 11.5 Å². The van der Waals surface area contributed by atoms with Crippen LogP contribution in [0.3, 0.4) is 0 Å². The van der Waals surface area contributed by atoms with Crippen LogP contribution in [0, 0.1) is 11.7 Å². The summed E-state index contributed by atoms with van der Waals surface area (Å²) in [6.07, 6.45) is 0. The largest absolute Gasteiger partial charge is 0.508 e. The monoisotopic (exact) mass is 282 g/mol. The Labute approximate surface area is 122 Å². The number of halogens is 1. The fraction of sp³-hybridized carbons (Fsp3) is 0.625. The maximum Gasteiger partial charge on any atom is 0.123 e. The summed E-state index contributed by atoms with van der Waals surface area (Å²) in [5.74, 6) is 0.384. The highest BCUT2D eigenvalue weighted by atomic mass is 19.1. The van der Waals surface area contributed by atoms with E-state index in [1.165, 1.54) is 18.2 Å². The van der Waals surface area contributed by atoms with Crippen LogP contribution in [0.5, 0.6) is 5.75 Å².